The summed E-state index contributed by atoms with van der Waals surface area (Å²) in [7, 11) is 1.95. The van der Waals surface area contributed by atoms with E-state index in [1.807, 2.05) is 24.9 Å². The summed E-state index contributed by atoms with van der Waals surface area (Å²) in [5.41, 5.74) is 1.93. The molecule has 0 amide bonds. The molecular weight excluding hydrogens is 264 g/mol. The second kappa shape index (κ2) is 4.94. The van der Waals surface area contributed by atoms with Crippen LogP contribution in [0, 0.1) is 12.8 Å². The zero-order valence-electron chi connectivity index (χ0n) is 12.7. The van der Waals surface area contributed by atoms with E-state index in [9.17, 15) is 0 Å². The monoisotopic (exact) mass is 286 g/mol. The maximum absolute atomic E-state index is 4.78. The second-order valence-electron chi connectivity index (χ2n) is 6.35. The molecule has 1 unspecified atom stereocenters. The fourth-order valence-electron chi connectivity index (χ4n) is 3.30. The van der Waals surface area contributed by atoms with Crippen LogP contribution < -0.4 is 10.2 Å². The molecule has 4 rings (SSSR count). The zero-order chi connectivity index (χ0) is 14.4. The van der Waals surface area contributed by atoms with E-state index in [2.05, 4.69) is 20.3 Å². The Hall–Kier alpha value is -1.69. The van der Waals surface area contributed by atoms with Gasteiger partial charge in [0, 0.05) is 38.9 Å². The van der Waals surface area contributed by atoms with E-state index in [4.69, 9.17) is 4.98 Å². The van der Waals surface area contributed by atoms with Crippen LogP contribution in [0.2, 0.25) is 0 Å². The highest BCUT2D eigenvalue weighted by Gasteiger charge is 2.31. The summed E-state index contributed by atoms with van der Waals surface area (Å²) in [6.07, 6.45) is 5.98. The third-order valence-corrected chi connectivity index (χ3v) is 4.66. The normalized spacial score (nSPS) is 23.0. The van der Waals surface area contributed by atoms with Gasteiger partial charge in [-0.25, -0.2) is 4.98 Å². The van der Waals surface area contributed by atoms with Gasteiger partial charge in [0.15, 0.2) is 5.65 Å². The number of hydrogen-bond donors (Lipinski definition) is 1. The van der Waals surface area contributed by atoms with Gasteiger partial charge in [-0.15, -0.1) is 0 Å². The lowest BCUT2D eigenvalue weighted by Gasteiger charge is -2.36. The van der Waals surface area contributed by atoms with Gasteiger partial charge in [0.2, 0.25) is 5.95 Å². The molecule has 112 valence electrons. The maximum Gasteiger partial charge on any atom is 0.227 e. The van der Waals surface area contributed by atoms with Crippen LogP contribution in [0.25, 0.3) is 11.0 Å². The number of nitrogens with zero attached hydrogens (tertiary/aromatic N) is 5. The first-order valence-electron chi connectivity index (χ1n) is 7.86. The Bertz CT molecular complexity index is 659. The molecule has 1 N–H and O–H groups in total. The van der Waals surface area contributed by atoms with Crippen molar-refractivity contribution < 1.29 is 0 Å². The van der Waals surface area contributed by atoms with E-state index in [1.165, 1.54) is 19.3 Å². The average Bonchev–Trinajstić information content (AvgIpc) is 3.26. The Morgan fingerprint density at radius 3 is 3.05 bits per heavy atom. The lowest BCUT2D eigenvalue weighted by molar-refractivity contribution is 0.431. The average molecular weight is 286 g/mol. The number of rotatable bonds is 3. The van der Waals surface area contributed by atoms with Crippen LogP contribution in [0.5, 0.6) is 0 Å². The Morgan fingerprint density at radius 2 is 2.24 bits per heavy atom. The van der Waals surface area contributed by atoms with E-state index in [-0.39, 0.29) is 0 Å². The van der Waals surface area contributed by atoms with Crippen molar-refractivity contribution in [1.82, 2.24) is 25.1 Å². The Morgan fingerprint density at radius 1 is 1.38 bits per heavy atom. The van der Waals surface area contributed by atoms with Gasteiger partial charge >= 0.3 is 0 Å². The maximum atomic E-state index is 4.78. The molecule has 21 heavy (non-hydrogen) atoms. The molecule has 0 spiro atoms. The molecule has 1 atom stereocenters. The highest BCUT2D eigenvalue weighted by Crippen LogP contribution is 2.35. The summed E-state index contributed by atoms with van der Waals surface area (Å²) in [4.78, 5) is 11.8. The third kappa shape index (κ3) is 2.37. The zero-order valence-corrected chi connectivity index (χ0v) is 12.7. The van der Waals surface area contributed by atoms with Crippen molar-refractivity contribution in [3.63, 3.8) is 0 Å². The molecule has 2 aromatic rings. The van der Waals surface area contributed by atoms with Crippen molar-refractivity contribution in [3.8, 4) is 0 Å². The lowest BCUT2D eigenvalue weighted by atomic mass is 10.1. The minimum atomic E-state index is 0.526. The van der Waals surface area contributed by atoms with Gasteiger partial charge in [-0.2, -0.15) is 10.1 Å². The van der Waals surface area contributed by atoms with Crippen LogP contribution in [0.4, 0.5) is 5.95 Å². The molecule has 0 radical (unpaired) electrons. The molecule has 1 aliphatic carbocycles. The SMILES string of the molecule is Cc1nn(C)c2nc(N3CCNCC3CC3CC3)ncc12. The first kappa shape index (κ1) is 13.0. The van der Waals surface area contributed by atoms with Crippen molar-refractivity contribution in [2.45, 2.75) is 32.2 Å². The first-order valence-corrected chi connectivity index (χ1v) is 7.86. The molecule has 1 aliphatic heterocycles. The first-order chi connectivity index (χ1) is 10.2. The summed E-state index contributed by atoms with van der Waals surface area (Å²) in [5, 5.41) is 8.99. The minimum Gasteiger partial charge on any atom is -0.335 e. The smallest absolute Gasteiger partial charge is 0.227 e. The highest BCUT2D eigenvalue weighted by molar-refractivity contribution is 5.78. The quantitative estimate of drug-likeness (QED) is 0.920. The Kier molecular flexibility index (Phi) is 3.06. The minimum absolute atomic E-state index is 0.526. The molecule has 1 saturated carbocycles. The van der Waals surface area contributed by atoms with Crippen LogP contribution in [0.1, 0.15) is 25.0 Å². The van der Waals surface area contributed by atoms with E-state index in [0.29, 0.717) is 6.04 Å². The van der Waals surface area contributed by atoms with Crippen LogP contribution in [-0.2, 0) is 7.05 Å². The van der Waals surface area contributed by atoms with Crippen molar-refractivity contribution in [1.29, 1.82) is 0 Å². The molecular formula is C15H22N6. The van der Waals surface area contributed by atoms with Gasteiger partial charge in [-0.3, -0.25) is 4.68 Å². The van der Waals surface area contributed by atoms with Gasteiger partial charge in [0.1, 0.15) is 0 Å². The number of aryl methyl sites for hydroxylation is 2. The number of nitrogens with one attached hydrogen (secondary N) is 1. The lowest BCUT2D eigenvalue weighted by Crippen LogP contribution is -2.52. The standard InChI is InChI=1S/C15H22N6/c1-10-13-9-17-15(18-14(13)20(2)19-10)21-6-5-16-8-12(21)7-11-3-4-11/h9,11-12,16H,3-8H2,1-2H3. The number of aromatic nitrogens is 4. The predicted octanol–water partition coefficient (Wildman–Crippen LogP) is 1.25. The number of fused-ring (bicyclic) bond motifs is 1. The van der Waals surface area contributed by atoms with E-state index in [1.54, 1.807) is 0 Å². The summed E-state index contributed by atoms with van der Waals surface area (Å²) in [5.74, 6) is 1.78. The predicted molar refractivity (Wildman–Crippen MR) is 82.4 cm³/mol. The van der Waals surface area contributed by atoms with Crippen LogP contribution in [-0.4, -0.2) is 45.4 Å². The van der Waals surface area contributed by atoms with Gasteiger partial charge in [0.25, 0.3) is 0 Å². The van der Waals surface area contributed by atoms with Crippen molar-refractivity contribution in [2.75, 3.05) is 24.5 Å². The van der Waals surface area contributed by atoms with Gasteiger partial charge < -0.3 is 10.2 Å². The van der Waals surface area contributed by atoms with Gasteiger partial charge in [0.05, 0.1) is 11.1 Å². The summed E-state index contributed by atoms with van der Waals surface area (Å²) >= 11 is 0. The topological polar surface area (TPSA) is 58.9 Å². The van der Waals surface area contributed by atoms with E-state index >= 15 is 0 Å². The van der Waals surface area contributed by atoms with E-state index in [0.717, 1.165) is 48.2 Å². The van der Waals surface area contributed by atoms with E-state index < -0.39 is 0 Å². The molecule has 6 heteroatoms. The van der Waals surface area contributed by atoms with Crippen molar-refractivity contribution in [3.05, 3.63) is 11.9 Å². The van der Waals surface area contributed by atoms with Crippen LogP contribution >= 0.6 is 0 Å². The molecule has 0 aromatic carbocycles. The second-order valence-corrected chi connectivity index (χ2v) is 6.35. The van der Waals surface area contributed by atoms with Crippen LogP contribution in [0.3, 0.4) is 0 Å². The fraction of sp³-hybridized carbons (Fsp3) is 0.667. The largest absolute Gasteiger partial charge is 0.335 e. The molecule has 2 aromatic heterocycles. The number of anilines is 1. The molecule has 3 heterocycles. The fourth-order valence-corrected chi connectivity index (χ4v) is 3.30. The third-order valence-electron chi connectivity index (χ3n) is 4.66. The Balaban J connectivity index is 1.67. The summed E-state index contributed by atoms with van der Waals surface area (Å²) in [6, 6.07) is 0.526. The van der Waals surface area contributed by atoms with Crippen molar-refractivity contribution >= 4 is 17.0 Å². The highest BCUT2D eigenvalue weighted by atomic mass is 15.3. The summed E-state index contributed by atoms with van der Waals surface area (Å²) < 4.78 is 1.86. The van der Waals surface area contributed by atoms with Gasteiger partial charge in [-0.1, -0.05) is 12.8 Å². The molecule has 2 fully saturated rings. The molecule has 1 saturated heterocycles. The molecule has 2 aliphatic rings. The van der Waals surface area contributed by atoms with Crippen molar-refractivity contribution in [2.24, 2.45) is 13.0 Å². The van der Waals surface area contributed by atoms with Gasteiger partial charge in [-0.05, 0) is 19.3 Å². The number of hydrogen-bond acceptors (Lipinski definition) is 5. The van der Waals surface area contributed by atoms with Crippen LogP contribution in [0.15, 0.2) is 6.20 Å². The Labute approximate surface area is 124 Å². The molecule has 6 nitrogen and oxygen atoms in total. The number of piperazine rings is 1. The molecule has 0 bridgehead atoms. The summed E-state index contributed by atoms with van der Waals surface area (Å²) in [6.45, 7) is 5.04.